The Morgan fingerprint density at radius 1 is 0.920 bits per heavy atom. The fraction of sp³-hybridized carbons (Fsp3) is 0.429. The Morgan fingerprint density at radius 3 is 2.40 bits per heavy atom. The van der Waals surface area contributed by atoms with Crippen LogP contribution in [0.5, 0.6) is 0 Å². The molecule has 0 spiro atoms. The third-order valence-electron chi connectivity index (χ3n) is 4.71. The molecule has 2 aromatic rings. The molecule has 0 amide bonds. The van der Waals surface area contributed by atoms with Crippen LogP contribution in [0.25, 0.3) is 0 Å². The molecule has 134 valence electrons. The van der Waals surface area contributed by atoms with Crippen molar-refractivity contribution in [3.63, 3.8) is 0 Å². The summed E-state index contributed by atoms with van der Waals surface area (Å²) in [5.41, 5.74) is 3.96. The molecule has 2 aromatic carbocycles. The normalized spacial score (nSPS) is 14.9. The first kappa shape index (κ1) is 17.9. The molecule has 0 saturated carbocycles. The van der Waals surface area contributed by atoms with Crippen molar-refractivity contribution in [3.8, 4) is 0 Å². The number of para-hydroxylation sites is 1. The molecule has 0 bridgehead atoms. The summed E-state index contributed by atoms with van der Waals surface area (Å²) in [5, 5.41) is 9.46. The highest BCUT2D eigenvalue weighted by Crippen LogP contribution is 2.23. The summed E-state index contributed by atoms with van der Waals surface area (Å²) in [6.45, 7) is 6.18. The topological polar surface area (TPSA) is 35.9 Å². The summed E-state index contributed by atoms with van der Waals surface area (Å²) in [7, 11) is 0. The number of ether oxygens (including phenoxy) is 1. The van der Waals surface area contributed by atoms with Gasteiger partial charge in [0.1, 0.15) is 0 Å². The van der Waals surface area contributed by atoms with Crippen LogP contribution in [-0.2, 0) is 17.7 Å². The van der Waals surface area contributed by atoms with Gasteiger partial charge in [-0.05, 0) is 23.6 Å². The molecule has 1 heterocycles. The molecule has 1 aliphatic heterocycles. The Bertz CT molecular complexity index is 627. The SMILES string of the molecule is OCCN(CCc1ccccc1)Cc1ccccc1N1CCOCC1. The molecule has 1 saturated heterocycles. The minimum atomic E-state index is 0.189. The number of hydrogen-bond acceptors (Lipinski definition) is 4. The highest BCUT2D eigenvalue weighted by atomic mass is 16.5. The van der Waals surface area contributed by atoms with E-state index in [1.807, 2.05) is 6.07 Å². The number of aliphatic hydroxyl groups is 1. The monoisotopic (exact) mass is 340 g/mol. The lowest BCUT2D eigenvalue weighted by Crippen LogP contribution is -2.37. The van der Waals surface area contributed by atoms with E-state index in [-0.39, 0.29) is 6.61 Å². The molecule has 0 radical (unpaired) electrons. The van der Waals surface area contributed by atoms with E-state index in [2.05, 4.69) is 58.3 Å². The van der Waals surface area contributed by atoms with E-state index < -0.39 is 0 Å². The van der Waals surface area contributed by atoms with E-state index in [4.69, 9.17) is 4.74 Å². The first-order valence-corrected chi connectivity index (χ1v) is 9.14. The Kier molecular flexibility index (Phi) is 6.86. The van der Waals surface area contributed by atoms with Crippen LogP contribution in [0.1, 0.15) is 11.1 Å². The van der Waals surface area contributed by atoms with Gasteiger partial charge in [0, 0.05) is 38.4 Å². The Hall–Kier alpha value is -1.88. The molecule has 1 fully saturated rings. The number of nitrogens with zero attached hydrogens (tertiary/aromatic N) is 2. The molecule has 4 nitrogen and oxygen atoms in total. The molecule has 4 heteroatoms. The molecule has 0 unspecified atom stereocenters. The maximum absolute atomic E-state index is 9.46. The molecular formula is C21H28N2O2. The summed E-state index contributed by atoms with van der Waals surface area (Å²) in [6.07, 6.45) is 1.00. The van der Waals surface area contributed by atoms with Crippen molar-refractivity contribution >= 4 is 5.69 Å². The van der Waals surface area contributed by atoms with Crippen LogP contribution >= 0.6 is 0 Å². The van der Waals surface area contributed by atoms with E-state index in [1.54, 1.807) is 0 Å². The average Bonchev–Trinajstić information content (AvgIpc) is 2.68. The number of morpholine rings is 1. The minimum absolute atomic E-state index is 0.189. The van der Waals surface area contributed by atoms with Gasteiger partial charge in [-0.1, -0.05) is 48.5 Å². The van der Waals surface area contributed by atoms with Crippen molar-refractivity contribution in [2.24, 2.45) is 0 Å². The number of benzene rings is 2. The smallest absolute Gasteiger partial charge is 0.0642 e. The molecule has 0 aliphatic carbocycles. The number of rotatable bonds is 8. The van der Waals surface area contributed by atoms with Gasteiger partial charge in [0.15, 0.2) is 0 Å². The van der Waals surface area contributed by atoms with E-state index in [9.17, 15) is 5.11 Å². The summed E-state index contributed by atoms with van der Waals surface area (Å²) in [4.78, 5) is 4.75. The predicted octanol–water partition coefficient (Wildman–Crippen LogP) is 2.56. The van der Waals surface area contributed by atoms with Crippen LogP contribution < -0.4 is 4.90 Å². The second-order valence-electron chi connectivity index (χ2n) is 6.46. The van der Waals surface area contributed by atoms with Gasteiger partial charge in [-0.3, -0.25) is 4.90 Å². The first-order valence-electron chi connectivity index (χ1n) is 9.14. The first-order chi connectivity index (χ1) is 12.4. The van der Waals surface area contributed by atoms with Crippen LogP contribution in [0.15, 0.2) is 54.6 Å². The van der Waals surface area contributed by atoms with Gasteiger partial charge >= 0.3 is 0 Å². The van der Waals surface area contributed by atoms with Gasteiger partial charge in [0.05, 0.1) is 19.8 Å². The van der Waals surface area contributed by atoms with Crippen molar-refractivity contribution in [2.75, 3.05) is 50.9 Å². The van der Waals surface area contributed by atoms with Crippen molar-refractivity contribution in [3.05, 3.63) is 65.7 Å². The molecule has 1 N–H and O–H groups in total. The molecule has 25 heavy (non-hydrogen) atoms. The zero-order valence-electron chi connectivity index (χ0n) is 14.8. The van der Waals surface area contributed by atoms with Gasteiger partial charge in [-0.15, -0.1) is 0 Å². The van der Waals surface area contributed by atoms with Gasteiger partial charge in [-0.25, -0.2) is 0 Å². The van der Waals surface area contributed by atoms with Crippen molar-refractivity contribution in [1.82, 2.24) is 4.90 Å². The van der Waals surface area contributed by atoms with Gasteiger partial charge in [0.2, 0.25) is 0 Å². The fourth-order valence-corrected chi connectivity index (χ4v) is 3.34. The van der Waals surface area contributed by atoms with Crippen LogP contribution in [-0.4, -0.2) is 56.0 Å². The third kappa shape index (κ3) is 5.30. The Balaban J connectivity index is 1.67. The zero-order valence-corrected chi connectivity index (χ0v) is 14.8. The van der Waals surface area contributed by atoms with Gasteiger partial charge < -0.3 is 14.7 Å². The third-order valence-corrected chi connectivity index (χ3v) is 4.71. The van der Waals surface area contributed by atoms with Crippen LogP contribution in [0.2, 0.25) is 0 Å². The van der Waals surface area contributed by atoms with E-state index in [0.717, 1.165) is 45.8 Å². The molecule has 1 aliphatic rings. The van der Waals surface area contributed by atoms with Crippen molar-refractivity contribution in [2.45, 2.75) is 13.0 Å². The van der Waals surface area contributed by atoms with Crippen LogP contribution in [0.4, 0.5) is 5.69 Å². The summed E-state index contributed by atoms with van der Waals surface area (Å²) in [6, 6.07) is 19.2. The lowest BCUT2D eigenvalue weighted by molar-refractivity contribution is 0.122. The second kappa shape index (κ2) is 9.56. The average molecular weight is 340 g/mol. The lowest BCUT2D eigenvalue weighted by atomic mass is 10.1. The highest BCUT2D eigenvalue weighted by molar-refractivity contribution is 5.53. The predicted molar refractivity (Wildman–Crippen MR) is 102 cm³/mol. The molecular weight excluding hydrogens is 312 g/mol. The van der Waals surface area contributed by atoms with E-state index in [1.165, 1.54) is 16.8 Å². The highest BCUT2D eigenvalue weighted by Gasteiger charge is 2.16. The largest absolute Gasteiger partial charge is 0.395 e. The lowest BCUT2D eigenvalue weighted by Gasteiger charge is -2.32. The van der Waals surface area contributed by atoms with Crippen LogP contribution in [0, 0.1) is 0 Å². The Labute approximate surface area is 150 Å². The van der Waals surface area contributed by atoms with Gasteiger partial charge in [0.25, 0.3) is 0 Å². The van der Waals surface area contributed by atoms with E-state index in [0.29, 0.717) is 6.54 Å². The molecule has 0 atom stereocenters. The maximum atomic E-state index is 9.46. The summed E-state index contributed by atoms with van der Waals surface area (Å²) < 4.78 is 5.48. The fourth-order valence-electron chi connectivity index (χ4n) is 3.34. The molecule has 0 aromatic heterocycles. The maximum Gasteiger partial charge on any atom is 0.0642 e. The van der Waals surface area contributed by atoms with Crippen molar-refractivity contribution < 1.29 is 9.84 Å². The quantitative estimate of drug-likeness (QED) is 0.801. The Morgan fingerprint density at radius 2 is 1.64 bits per heavy atom. The minimum Gasteiger partial charge on any atom is -0.395 e. The number of anilines is 1. The summed E-state index contributed by atoms with van der Waals surface area (Å²) in [5.74, 6) is 0. The second-order valence-corrected chi connectivity index (χ2v) is 6.46. The van der Waals surface area contributed by atoms with Gasteiger partial charge in [-0.2, -0.15) is 0 Å². The standard InChI is InChI=1S/C21H28N2O2/c24-15-12-22(11-10-19-6-2-1-3-7-19)18-20-8-4-5-9-21(20)23-13-16-25-17-14-23/h1-9,24H,10-18H2. The van der Waals surface area contributed by atoms with Crippen molar-refractivity contribution in [1.29, 1.82) is 0 Å². The number of hydrogen-bond donors (Lipinski definition) is 1. The molecule has 3 rings (SSSR count). The zero-order chi connectivity index (χ0) is 17.3. The summed E-state index contributed by atoms with van der Waals surface area (Å²) >= 11 is 0. The number of aliphatic hydroxyl groups excluding tert-OH is 1. The van der Waals surface area contributed by atoms with E-state index >= 15 is 0 Å². The van der Waals surface area contributed by atoms with Crippen LogP contribution in [0.3, 0.4) is 0 Å².